The molecule has 0 atom stereocenters. The van der Waals surface area contributed by atoms with Crippen molar-refractivity contribution in [3.8, 4) is 227 Å². The van der Waals surface area contributed by atoms with Gasteiger partial charge in [-0.2, -0.15) is 0 Å². The third-order valence-corrected chi connectivity index (χ3v) is 26.0. The van der Waals surface area contributed by atoms with Gasteiger partial charge in [-0.1, -0.05) is 376 Å². The van der Waals surface area contributed by atoms with E-state index in [1.54, 1.807) is 0 Å². The first-order valence-corrected chi connectivity index (χ1v) is 48.0. The molecule has 0 amide bonds. The summed E-state index contributed by atoms with van der Waals surface area (Å²) in [7, 11) is 0. The Morgan fingerprint density at radius 2 is 0.233 bits per heavy atom. The molecule has 8 aromatic heterocycles. The molecule has 0 fully saturated rings. The van der Waals surface area contributed by atoms with Crippen LogP contribution in [0.5, 0.6) is 0 Å². The molecular formula is C126H78N20. The highest BCUT2D eigenvalue weighted by atomic mass is 15.1. The molecule has 8 heterocycles. The Kier molecular flexibility index (Phi) is 22.0. The van der Waals surface area contributed by atoms with Gasteiger partial charge < -0.3 is 9.13 Å². The molecule has 0 aliphatic carbocycles. The molecule has 0 aliphatic rings. The lowest BCUT2D eigenvalue weighted by Crippen LogP contribution is -2.05. The lowest BCUT2D eigenvalue weighted by molar-refractivity contribution is 1.06. The summed E-state index contributed by atoms with van der Waals surface area (Å²) in [6, 6.07) is 160. The molecule has 0 bridgehead atoms. The van der Waals surface area contributed by atoms with E-state index >= 15 is 0 Å². The second kappa shape index (κ2) is 37.4. The number of benzene rings is 18. The van der Waals surface area contributed by atoms with Gasteiger partial charge in [0.25, 0.3) is 0 Å². The molecule has 0 saturated heterocycles. The van der Waals surface area contributed by atoms with E-state index in [9.17, 15) is 0 Å². The molecule has 0 radical (unpaired) electrons. The van der Waals surface area contributed by atoms with E-state index in [1.807, 2.05) is 364 Å². The van der Waals surface area contributed by atoms with Crippen molar-refractivity contribution in [3.05, 3.63) is 473 Å². The number of aromatic nitrogens is 20. The lowest BCUT2D eigenvalue weighted by atomic mass is 9.97. The fourth-order valence-electron chi connectivity index (χ4n) is 18.9. The van der Waals surface area contributed by atoms with Crippen LogP contribution in [0.25, 0.3) is 271 Å². The molecule has 0 N–H and O–H groups in total. The summed E-state index contributed by atoms with van der Waals surface area (Å²) in [5.74, 6) is 8.94. The largest absolute Gasteiger partial charge is 0.308 e. The first kappa shape index (κ1) is 86.0. The van der Waals surface area contributed by atoms with E-state index in [4.69, 9.17) is 89.7 Å². The Morgan fingerprint density at radius 3 is 0.384 bits per heavy atom. The summed E-state index contributed by atoms with van der Waals surface area (Å²) in [6.45, 7) is 0. The number of rotatable bonds is 21. The van der Waals surface area contributed by atoms with Crippen molar-refractivity contribution in [1.29, 1.82) is 0 Å². The average molecular weight is 1870 g/mol. The Balaban J connectivity index is 0.730. The SMILES string of the molecule is c1ccc(-c2nc(-c3ccccc3)nc(-c3ccc4c(c3)c3cc(-c5nc(-c6ccccc6)nc(-c6ccccc6)n5)ccc3n4-c3ccc(-c4ccc(-n5c6ccc(-c7nc(-c8ccccc8)nc(-c8ccccc8)n7)cc6c6cc(-c7nc(-c8ccccc8)nc(-c8ccccc8)n7)ccc65)c(-c5nc(-c6ccccc6)nc(-c6ccccc6)n5)c4)cc3-c3nc(-c4ccccc4)nc(-c4ccccc4)n3)n2)cc1. The molecule has 0 saturated carbocycles. The minimum absolute atomic E-state index is 0.407. The molecule has 0 aliphatic heterocycles. The standard InChI is InChI=1S/C126H78N20/c1-13-37-79(38-14-1)109-127-110(80-39-15-2-16-40-80)134-121(133-109)93-63-69-103-97(75-93)98-76-94(122-135-111(81-41-17-3-18-42-81)128-112(136-122)82-43-19-4-20-44-82)64-70-104(98)145(103)107-67-61-91(73-101(107)125-141-117(87-53-29-9-30-54-87)131-118(142-125)88-55-31-10-32-56-88)92-62-68-108(102(74-92)126-143-119(89-57-33-11-34-58-89)132-120(144-126)90-59-35-12-36-60-90)146-105-71-65-95(123-137-113(83-45-21-5-22-46-83)129-114(138-123)84-47-23-6-24-48-84)77-99(105)100-78-96(66-72-106(100)146)124-139-115(85-49-25-7-26-50-85)130-116(140-124)86-51-27-8-28-52-86/h1-78H. The van der Waals surface area contributed by atoms with Gasteiger partial charge in [-0.3, -0.25) is 0 Å². The third kappa shape index (κ3) is 16.7. The van der Waals surface area contributed by atoms with Gasteiger partial charge in [0.15, 0.2) is 105 Å². The Labute approximate surface area is 837 Å². The van der Waals surface area contributed by atoms with Crippen LogP contribution >= 0.6 is 0 Å². The van der Waals surface area contributed by atoms with Crippen LogP contribution in [-0.4, -0.2) is 98.8 Å². The minimum atomic E-state index is 0.407. The fraction of sp³-hybridized carbons (Fsp3) is 0. The molecule has 146 heavy (non-hydrogen) atoms. The summed E-state index contributed by atoms with van der Waals surface area (Å²) in [5.41, 5.74) is 20.9. The summed E-state index contributed by atoms with van der Waals surface area (Å²) in [6.07, 6.45) is 0. The Bertz CT molecular complexity index is 8180. The zero-order chi connectivity index (χ0) is 96.7. The van der Waals surface area contributed by atoms with Gasteiger partial charge in [-0.15, -0.1) is 0 Å². The van der Waals surface area contributed by atoms with Crippen molar-refractivity contribution in [2.45, 2.75) is 0 Å². The van der Waals surface area contributed by atoms with Crippen molar-refractivity contribution in [1.82, 2.24) is 98.8 Å². The maximum atomic E-state index is 5.64. The smallest absolute Gasteiger partial charge is 0.166 e. The lowest BCUT2D eigenvalue weighted by Gasteiger charge is -2.18. The normalized spacial score (nSPS) is 11.4. The quantitative estimate of drug-likeness (QED) is 0.0649. The van der Waals surface area contributed by atoms with E-state index in [0.29, 0.717) is 116 Å². The fourth-order valence-corrected chi connectivity index (χ4v) is 18.9. The minimum Gasteiger partial charge on any atom is -0.308 e. The van der Waals surface area contributed by atoms with E-state index in [0.717, 1.165) is 155 Å². The van der Waals surface area contributed by atoms with Crippen LogP contribution in [0.15, 0.2) is 473 Å². The molecule has 20 nitrogen and oxygen atoms in total. The highest BCUT2D eigenvalue weighted by molar-refractivity contribution is 6.14. The third-order valence-electron chi connectivity index (χ3n) is 26.0. The molecule has 0 unspecified atom stereocenters. The maximum absolute atomic E-state index is 5.64. The van der Waals surface area contributed by atoms with E-state index in [2.05, 4.69) is 118 Å². The van der Waals surface area contributed by atoms with Gasteiger partial charge in [0.2, 0.25) is 0 Å². The molecule has 20 heteroatoms. The van der Waals surface area contributed by atoms with Crippen molar-refractivity contribution in [2.24, 2.45) is 0 Å². The van der Waals surface area contributed by atoms with Crippen LogP contribution in [0.2, 0.25) is 0 Å². The number of hydrogen-bond acceptors (Lipinski definition) is 18. The Hall–Kier alpha value is -20.4. The monoisotopic (exact) mass is 1870 g/mol. The van der Waals surface area contributed by atoms with Crippen LogP contribution in [0, 0.1) is 0 Å². The van der Waals surface area contributed by atoms with Crippen molar-refractivity contribution < 1.29 is 0 Å². The molecular weight excluding hydrogens is 1790 g/mol. The van der Waals surface area contributed by atoms with Gasteiger partial charge >= 0.3 is 0 Å². The van der Waals surface area contributed by atoms with Crippen molar-refractivity contribution in [2.75, 3.05) is 0 Å². The Morgan fingerprint density at radius 1 is 0.103 bits per heavy atom. The highest BCUT2D eigenvalue weighted by Crippen LogP contribution is 2.46. The van der Waals surface area contributed by atoms with Gasteiger partial charge in [-0.05, 0) is 108 Å². The first-order valence-electron chi connectivity index (χ1n) is 48.0. The van der Waals surface area contributed by atoms with Crippen molar-refractivity contribution in [3.63, 3.8) is 0 Å². The van der Waals surface area contributed by atoms with E-state index in [-0.39, 0.29) is 0 Å². The zero-order valence-corrected chi connectivity index (χ0v) is 78.0. The van der Waals surface area contributed by atoms with Crippen LogP contribution in [0.4, 0.5) is 0 Å². The van der Waals surface area contributed by atoms with Gasteiger partial charge in [-0.25, -0.2) is 89.7 Å². The van der Waals surface area contributed by atoms with Gasteiger partial charge in [0.05, 0.1) is 33.4 Å². The van der Waals surface area contributed by atoms with E-state index in [1.165, 1.54) is 0 Å². The van der Waals surface area contributed by atoms with Crippen LogP contribution in [0.3, 0.4) is 0 Å². The number of fused-ring (bicyclic) bond motifs is 6. The summed E-state index contributed by atoms with van der Waals surface area (Å²) in [5, 5.41) is 3.51. The topological polar surface area (TPSA) is 242 Å². The average Bonchev–Trinajstić information content (AvgIpc) is 1.57. The number of hydrogen-bond donors (Lipinski definition) is 0. The van der Waals surface area contributed by atoms with Gasteiger partial charge in [0, 0.05) is 122 Å². The van der Waals surface area contributed by atoms with Crippen LogP contribution in [0.1, 0.15) is 0 Å². The van der Waals surface area contributed by atoms with Crippen LogP contribution < -0.4 is 0 Å². The summed E-state index contributed by atoms with van der Waals surface area (Å²) in [4.78, 5) is 96.4. The van der Waals surface area contributed by atoms with Gasteiger partial charge in [0.1, 0.15) is 0 Å². The predicted octanol–water partition coefficient (Wildman–Crippen LogP) is 28.7. The summed E-state index contributed by atoms with van der Waals surface area (Å²) < 4.78 is 4.62. The second-order valence-electron chi connectivity index (χ2n) is 35.3. The van der Waals surface area contributed by atoms with E-state index < -0.39 is 0 Å². The molecule has 18 aromatic carbocycles. The molecule has 26 rings (SSSR count). The predicted molar refractivity (Wildman–Crippen MR) is 579 cm³/mol. The second-order valence-corrected chi connectivity index (χ2v) is 35.3. The van der Waals surface area contributed by atoms with Crippen LogP contribution in [-0.2, 0) is 0 Å². The molecule has 26 aromatic rings. The maximum Gasteiger partial charge on any atom is 0.166 e. The number of nitrogens with zero attached hydrogens (tertiary/aromatic N) is 20. The zero-order valence-electron chi connectivity index (χ0n) is 78.0. The molecule has 682 valence electrons. The van der Waals surface area contributed by atoms with Crippen molar-refractivity contribution >= 4 is 43.6 Å². The molecule has 0 spiro atoms. The first-order chi connectivity index (χ1) is 72.3. The highest BCUT2D eigenvalue weighted by Gasteiger charge is 2.29. The summed E-state index contributed by atoms with van der Waals surface area (Å²) >= 11 is 0.